The van der Waals surface area contributed by atoms with Gasteiger partial charge < -0.3 is 10.6 Å². The van der Waals surface area contributed by atoms with Gasteiger partial charge in [-0.3, -0.25) is 4.79 Å². The van der Waals surface area contributed by atoms with Crippen LogP contribution in [0.25, 0.3) is 0 Å². The van der Waals surface area contributed by atoms with Crippen LogP contribution in [-0.4, -0.2) is 15.9 Å². The number of nitrogens with one attached hydrogen (secondary N) is 2. The molecule has 0 saturated heterocycles. The molecule has 6 nitrogen and oxygen atoms in total. The molecule has 1 heterocycles. The van der Waals surface area contributed by atoms with E-state index in [1.165, 1.54) is 0 Å². The van der Waals surface area contributed by atoms with Crippen LogP contribution in [-0.2, 0) is 0 Å². The molecule has 0 aliphatic rings. The van der Waals surface area contributed by atoms with Crippen molar-refractivity contribution in [3.8, 4) is 6.07 Å². The topological polar surface area (TPSA) is 90.7 Å². The zero-order valence-electron chi connectivity index (χ0n) is 16.3. The monoisotopic (exact) mass is 371 g/mol. The van der Waals surface area contributed by atoms with Crippen molar-refractivity contribution in [2.75, 3.05) is 10.6 Å². The lowest BCUT2D eigenvalue weighted by molar-refractivity contribution is 0.102. The lowest BCUT2D eigenvalue weighted by Gasteiger charge is -2.13. The number of hydrogen-bond donors (Lipinski definition) is 2. The first kappa shape index (κ1) is 19.1. The third-order valence-corrected chi connectivity index (χ3v) is 4.25. The minimum absolute atomic E-state index is 0.269. The summed E-state index contributed by atoms with van der Waals surface area (Å²) in [6.07, 6.45) is 0. The van der Waals surface area contributed by atoms with Crippen molar-refractivity contribution >= 4 is 23.2 Å². The molecule has 0 bridgehead atoms. The molecule has 6 heteroatoms. The van der Waals surface area contributed by atoms with Crippen LogP contribution in [0.5, 0.6) is 0 Å². The summed E-state index contributed by atoms with van der Waals surface area (Å²) in [5.41, 5.74) is 6.09. The quantitative estimate of drug-likeness (QED) is 0.700. The zero-order valence-corrected chi connectivity index (χ0v) is 16.3. The molecule has 3 rings (SSSR count). The Balaban J connectivity index is 1.87. The normalized spacial score (nSPS) is 10.2. The highest BCUT2D eigenvalue weighted by atomic mass is 16.1. The highest BCUT2D eigenvalue weighted by molar-refractivity contribution is 6.04. The van der Waals surface area contributed by atoms with E-state index in [-0.39, 0.29) is 11.6 Å². The maximum atomic E-state index is 12.8. The van der Waals surface area contributed by atoms with Crippen LogP contribution in [0, 0.1) is 39.0 Å². The molecular formula is C22H21N5O. The van der Waals surface area contributed by atoms with Gasteiger partial charge in [0.05, 0.1) is 11.6 Å². The Labute approximate surface area is 164 Å². The van der Waals surface area contributed by atoms with Gasteiger partial charge in [-0.25, -0.2) is 9.97 Å². The highest BCUT2D eigenvalue weighted by Crippen LogP contribution is 2.23. The summed E-state index contributed by atoms with van der Waals surface area (Å²) < 4.78 is 0. The molecule has 0 aliphatic carbocycles. The Bertz CT molecular complexity index is 1080. The van der Waals surface area contributed by atoms with Crippen molar-refractivity contribution < 1.29 is 4.79 Å². The number of anilines is 3. The predicted octanol–water partition coefficient (Wildman–Crippen LogP) is 4.58. The maximum Gasteiger partial charge on any atom is 0.274 e. The smallest absolute Gasteiger partial charge is 0.274 e. The summed E-state index contributed by atoms with van der Waals surface area (Å²) in [6, 6.07) is 14.8. The Kier molecular flexibility index (Phi) is 5.37. The van der Waals surface area contributed by atoms with E-state index in [1.807, 2.05) is 39.0 Å². The summed E-state index contributed by atoms with van der Waals surface area (Å²) in [7, 11) is 0. The second-order valence-electron chi connectivity index (χ2n) is 6.76. The zero-order chi connectivity index (χ0) is 20.3. The van der Waals surface area contributed by atoms with E-state index in [0.29, 0.717) is 22.9 Å². The van der Waals surface area contributed by atoms with E-state index < -0.39 is 0 Å². The second-order valence-corrected chi connectivity index (χ2v) is 6.76. The summed E-state index contributed by atoms with van der Waals surface area (Å²) in [5.74, 6) is 0.00645. The maximum absolute atomic E-state index is 12.8. The van der Waals surface area contributed by atoms with Crippen LogP contribution in [0.1, 0.15) is 38.4 Å². The van der Waals surface area contributed by atoms with Crippen LogP contribution in [0.15, 0.2) is 42.5 Å². The number of aromatic nitrogens is 2. The molecule has 0 unspecified atom stereocenters. The van der Waals surface area contributed by atoms with Gasteiger partial charge >= 0.3 is 0 Å². The summed E-state index contributed by atoms with van der Waals surface area (Å²) in [6.45, 7) is 7.77. The van der Waals surface area contributed by atoms with Crippen LogP contribution >= 0.6 is 0 Å². The van der Waals surface area contributed by atoms with Gasteiger partial charge in [0, 0.05) is 17.1 Å². The molecule has 2 aromatic carbocycles. The van der Waals surface area contributed by atoms with Gasteiger partial charge in [0.1, 0.15) is 5.69 Å². The summed E-state index contributed by atoms with van der Waals surface area (Å²) in [5, 5.41) is 15.0. The van der Waals surface area contributed by atoms with Gasteiger partial charge in [-0.2, -0.15) is 5.26 Å². The number of carbonyl (C=O) groups is 1. The summed E-state index contributed by atoms with van der Waals surface area (Å²) in [4.78, 5) is 21.5. The number of carbonyl (C=O) groups excluding carboxylic acids is 1. The molecule has 3 aromatic rings. The standard InChI is InChI=1S/C22H21N5O/c1-13-8-14(2)20(15(3)9-13)27-21(28)19-10-16(4)24-22(26-19)25-18-7-5-6-17(11-18)12-23/h5-11H,1-4H3,(H,27,28)(H,24,25,26). The number of hydrogen-bond acceptors (Lipinski definition) is 5. The Morgan fingerprint density at radius 1 is 1.00 bits per heavy atom. The van der Waals surface area contributed by atoms with E-state index in [0.717, 1.165) is 22.4 Å². The summed E-state index contributed by atoms with van der Waals surface area (Å²) >= 11 is 0. The average molecular weight is 371 g/mol. The van der Waals surface area contributed by atoms with Crippen molar-refractivity contribution in [3.05, 3.63) is 76.1 Å². The van der Waals surface area contributed by atoms with E-state index in [4.69, 9.17) is 5.26 Å². The lowest BCUT2D eigenvalue weighted by Crippen LogP contribution is -2.17. The number of rotatable bonds is 4. The molecule has 28 heavy (non-hydrogen) atoms. The molecule has 0 atom stereocenters. The molecule has 140 valence electrons. The van der Waals surface area contributed by atoms with E-state index in [9.17, 15) is 4.79 Å². The van der Waals surface area contributed by atoms with Crippen LogP contribution < -0.4 is 10.6 Å². The molecule has 0 spiro atoms. The first-order valence-corrected chi connectivity index (χ1v) is 8.88. The van der Waals surface area contributed by atoms with Gasteiger partial charge in [0.2, 0.25) is 5.95 Å². The fourth-order valence-electron chi connectivity index (χ4n) is 3.09. The molecule has 0 saturated carbocycles. The minimum atomic E-state index is -0.297. The largest absolute Gasteiger partial charge is 0.324 e. The van der Waals surface area contributed by atoms with Crippen LogP contribution in [0.3, 0.4) is 0 Å². The average Bonchev–Trinajstić information content (AvgIpc) is 2.64. The van der Waals surface area contributed by atoms with Crippen molar-refractivity contribution in [2.24, 2.45) is 0 Å². The third-order valence-electron chi connectivity index (χ3n) is 4.25. The first-order chi connectivity index (χ1) is 13.4. The minimum Gasteiger partial charge on any atom is -0.324 e. The van der Waals surface area contributed by atoms with Crippen LogP contribution in [0.2, 0.25) is 0 Å². The Hall–Kier alpha value is -3.72. The van der Waals surface area contributed by atoms with Crippen molar-refractivity contribution in [1.29, 1.82) is 5.26 Å². The predicted molar refractivity (Wildman–Crippen MR) is 110 cm³/mol. The van der Waals surface area contributed by atoms with E-state index in [2.05, 4.69) is 26.7 Å². The van der Waals surface area contributed by atoms with E-state index in [1.54, 1.807) is 31.2 Å². The van der Waals surface area contributed by atoms with Crippen LogP contribution in [0.4, 0.5) is 17.3 Å². The van der Waals surface area contributed by atoms with Gasteiger partial charge in [-0.1, -0.05) is 23.8 Å². The van der Waals surface area contributed by atoms with Gasteiger partial charge in [-0.05, 0) is 63.1 Å². The number of amides is 1. The molecule has 0 radical (unpaired) electrons. The van der Waals surface area contributed by atoms with Crippen molar-refractivity contribution in [1.82, 2.24) is 9.97 Å². The van der Waals surface area contributed by atoms with Crippen molar-refractivity contribution in [3.63, 3.8) is 0 Å². The Morgan fingerprint density at radius 3 is 2.39 bits per heavy atom. The fraction of sp³-hybridized carbons (Fsp3) is 0.182. The molecular weight excluding hydrogens is 350 g/mol. The van der Waals surface area contributed by atoms with Crippen molar-refractivity contribution in [2.45, 2.75) is 27.7 Å². The highest BCUT2D eigenvalue weighted by Gasteiger charge is 2.14. The Morgan fingerprint density at radius 2 is 1.71 bits per heavy atom. The molecule has 1 amide bonds. The number of nitriles is 1. The van der Waals surface area contributed by atoms with E-state index >= 15 is 0 Å². The molecule has 0 aliphatic heterocycles. The number of aryl methyl sites for hydroxylation is 4. The number of nitrogens with zero attached hydrogens (tertiary/aromatic N) is 3. The lowest BCUT2D eigenvalue weighted by atomic mass is 10.0. The molecule has 2 N–H and O–H groups in total. The molecule has 0 fully saturated rings. The SMILES string of the molecule is Cc1cc(C)c(NC(=O)c2cc(C)nc(Nc3cccc(C#N)c3)n2)c(C)c1. The molecule has 1 aromatic heterocycles. The first-order valence-electron chi connectivity index (χ1n) is 8.88. The number of benzene rings is 2. The van der Waals surface area contributed by atoms with Gasteiger partial charge in [0.25, 0.3) is 5.91 Å². The van der Waals surface area contributed by atoms with Gasteiger partial charge in [0.15, 0.2) is 0 Å². The fourth-order valence-corrected chi connectivity index (χ4v) is 3.09. The van der Waals surface area contributed by atoms with Gasteiger partial charge in [-0.15, -0.1) is 0 Å². The second kappa shape index (κ2) is 7.89. The third kappa shape index (κ3) is 4.33.